The van der Waals surface area contributed by atoms with Gasteiger partial charge in [-0.15, -0.1) is 0 Å². The number of likely N-dealkylation sites (tertiary alicyclic amines) is 1. The van der Waals surface area contributed by atoms with Crippen LogP contribution in [0.4, 0.5) is 0 Å². The Labute approximate surface area is 107 Å². The molecule has 0 spiro atoms. The molecule has 0 aromatic heterocycles. The van der Waals surface area contributed by atoms with Crippen LogP contribution in [0.1, 0.15) is 26.2 Å². The summed E-state index contributed by atoms with van der Waals surface area (Å²) >= 11 is 0. The third-order valence-corrected chi connectivity index (χ3v) is 4.18. The number of hydrogen-bond acceptors (Lipinski definition) is 4. The highest BCUT2D eigenvalue weighted by Crippen LogP contribution is 2.32. The van der Waals surface area contributed by atoms with Crippen LogP contribution in [0.2, 0.25) is 0 Å². The van der Waals surface area contributed by atoms with Crippen molar-refractivity contribution in [3.63, 3.8) is 0 Å². The van der Waals surface area contributed by atoms with Crippen molar-refractivity contribution in [1.29, 1.82) is 0 Å². The number of piperidine rings is 1. The van der Waals surface area contributed by atoms with E-state index in [2.05, 4.69) is 5.16 Å². The zero-order valence-electron chi connectivity index (χ0n) is 10.8. The first-order valence-corrected chi connectivity index (χ1v) is 6.41. The summed E-state index contributed by atoms with van der Waals surface area (Å²) in [4.78, 5) is 14.1. The van der Waals surface area contributed by atoms with Gasteiger partial charge >= 0.3 is 0 Å². The van der Waals surface area contributed by atoms with Crippen molar-refractivity contribution >= 4 is 11.7 Å². The van der Waals surface area contributed by atoms with Gasteiger partial charge in [-0.2, -0.15) is 0 Å². The first-order chi connectivity index (χ1) is 8.57. The van der Waals surface area contributed by atoms with Gasteiger partial charge in [0.05, 0.1) is 12.5 Å². The van der Waals surface area contributed by atoms with Crippen LogP contribution in [0, 0.1) is 11.3 Å². The van der Waals surface area contributed by atoms with Crippen LogP contribution in [-0.4, -0.2) is 48.2 Å². The smallest absolute Gasteiger partial charge is 0.228 e. The van der Waals surface area contributed by atoms with Gasteiger partial charge in [0.1, 0.15) is 5.84 Å². The summed E-state index contributed by atoms with van der Waals surface area (Å²) < 4.78 is 5.25. The minimum absolute atomic E-state index is 0.0261. The molecule has 2 aliphatic rings. The Kier molecular flexibility index (Phi) is 3.75. The number of amides is 1. The molecule has 1 unspecified atom stereocenters. The lowest BCUT2D eigenvalue weighted by atomic mass is 9.79. The quantitative estimate of drug-likeness (QED) is 0.323. The number of oxime groups is 1. The molecular formula is C12H21N3O3. The highest BCUT2D eigenvalue weighted by molar-refractivity contribution is 5.86. The van der Waals surface area contributed by atoms with Gasteiger partial charge in [-0.05, 0) is 19.3 Å². The molecule has 6 heteroatoms. The number of nitrogens with two attached hydrogens (primary N) is 1. The largest absolute Gasteiger partial charge is 0.409 e. The first kappa shape index (κ1) is 13.1. The SMILES string of the molecule is CC1(C(N)=NO)CCN(C(=O)C2CCOC2)CC1. The van der Waals surface area contributed by atoms with Crippen molar-refractivity contribution < 1.29 is 14.7 Å². The highest BCUT2D eigenvalue weighted by atomic mass is 16.5. The topological polar surface area (TPSA) is 88.2 Å². The summed E-state index contributed by atoms with van der Waals surface area (Å²) in [6.07, 6.45) is 2.30. The molecule has 0 aliphatic carbocycles. The molecule has 2 aliphatic heterocycles. The van der Waals surface area contributed by atoms with Crippen LogP contribution in [0.25, 0.3) is 0 Å². The van der Waals surface area contributed by atoms with E-state index < -0.39 is 0 Å². The van der Waals surface area contributed by atoms with E-state index in [1.165, 1.54) is 0 Å². The third kappa shape index (κ3) is 2.43. The Hall–Kier alpha value is -1.30. The van der Waals surface area contributed by atoms with E-state index in [0.717, 1.165) is 19.3 Å². The van der Waals surface area contributed by atoms with Crippen molar-refractivity contribution in [2.75, 3.05) is 26.3 Å². The molecule has 2 fully saturated rings. The molecular weight excluding hydrogens is 234 g/mol. The number of nitrogens with zero attached hydrogens (tertiary/aromatic N) is 2. The Morgan fingerprint density at radius 1 is 1.50 bits per heavy atom. The third-order valence-electron chi connectivity index (χ3n) is 4.18. The molecule has 2 rings (SSSR count). The molecule has 1 amide bonds. The summed E-state index contributed by atoms with van der Waals surface area (Å²) in [7, 11) is 0. The molecule has 0 aromatic carbocycles. The number of carbonyl (C=O) groups excluding carboxylic acids is 1. The van der Waals surface area contributed by atoms with Gasteiger partial charge in [0.25, 0.3) is 0 Å². The summed E-state index contributed by atoms with van der Waals surface area (Å²) in [6.45, 7) is 4.55. The fraction of sp³-hybridized carbons (Fsp3) is 0.833. The number of ether oxygens (including phenoxy) is 1. The van der Waals surface area contributed by atoms with Crippen molar-refractivity contribution in [3.8, 4) is 0 Å². The van der Waals surface area contributed by atoms with Crippen LogP contribution in [0.5, 0.6) is 0 Å². The highest BCUT2D eigenvalue weighted by Gasteiger charge is 2.37. The Balaban J connectivity index is 1.92. The maximum Gasteiger partial charge on any atom is 0.228 e. The van der Waals surface area contributed by atoms with Gasteiger partial charge in [0.15, 0.2) is 0 Å². The molecule has 2 saturated heterocycles. The van der Waals surface area contributed by atoms with Crippen LogP contribution in [0.15, 0.2) is 5.16 Å². The van der Waals surface area contributed by atoms with Crippen molar-refractivity contribution in [3.05, 3.63) is 0 Å². The minimum atomic E-state index is -0.294. The fourth-order valence-corrected chi connectivity index (χ4v) is 2.58. The van der Waals surface area contributed by atoms with E-state index in [1.54, 1.807) is 0 Å². The van der Waals surface area contributed by atoms with Crippen LogP contribution < -0.4 is 5.73 Å². The van der Waals surface area contributed by atoms with Gasteiger partial charge in [0.2, 0.25) is 5.91 Å². The number of hydrogen-bond donors (Lipinski definition) is 2. The zero-order chi connectivity index (χ0) is 13.2. The second kappa shape index (κ2) is 5.14. The second-order valence-electron chi connectivity index (χ2n) is 5.43. The molecule has 0 saturated carbocycles. The van der Waals surface area contributed by atoms with E-state index >= 15 is 0 Å². The molecule has 0 aromatic rings. The van der Waals surface area contributed by atoms with Crippen molar-refractivity contribution in [1.82, 2.24) is 4.90 Å². The molecule has 3 N–H and O–H groups in total. The van der Waals surface area contributed by atoms with Gasteiger partial charge in [-0.25, -0.2) is 0 Å². The molecule has 18 heavy (non-hydrogen) atoms. The predicted octanol–water partition coefficient (Wildman–Crippen LogP) is 0.398. The summed E-state index contributed by atoms with van der Waals surface area (Å²) in [6, 6.07) is 0. The minimum Gasteiger partial charge on any atom is -0.409 e. The normalized spacial score (nSPS) is 28.4. The van der Waals surface area contributed by atoms with Crippen molar-refractivity contribution in [2.24, 2.45) is 22.2 Å². The Morgan fingerprint density at radius 2 is 2.17 bits per heavy atom. The lowest BCUT2D eigenvalue weighted by Crippen LogP contribution is -2.48. The lowest BCUT2D eigenvalue weighted by Gasteiger charge is -2.39. The number of rotatable bonds is 2. The number of carbonyl (C=O) groups is 1. The van der Waals surface area contributed by atoms with E-state index in [1.807, 2.05) is 11.8 Å². The van der Waals surface area contributed by atoms with E-state index in [4.69, 9.17) is 15.7 Å². The summed E-state index contributed by atoms with van der Waals surface area (Å²) in [5, 5.41) is 11.9. The van der Waals surface area contributed by atoms with Crippen molar-refractivity contribution in [2.45, 2.75) is 26.2 Å². The van der Waals surface area contributed by atoms with Crippen LogP contribution >= 0.6 is 0 Å². The van der Waals surface area contributed by atoms with E-state index in [0.29, 0.717) is 26.3 Å². The first-order valence-electron chi connectivity index (χ1n) is 6.41. The molecule has 0 bridgehead atoms. The average molecular weight is 255 g/mol. The standard InChI is InChI=1S/C12H21N3O3/c1-12(11(13)14-17)3-5-15(6-4-12)10(16)9-2-7-18-8-9/h9,17H,2-8H2,1H3,(H2,13,14). The fourth-order valence-electron chi connectivity index (χ4n) is 2.58. The van der Waals surface area contributed by atoms with Crippen LogP contribution in [0.3, 0.4) is 0 Å². The van der Waals surface area contributed by atoms with Gasteiger partial charge in [0, 0.05) is 25.1 Å². The molecule has 102 valence electrons. The molecule has 2 heterocycles. The predicted molar refractivity (Wildman–Crippen MR) is 66.3 cm³/mol. The maximum absolute atomic E-state index is 12.2. The van der Waals surface area contributed by atoms with E-state index in [-0.39, 0.29) is 23.1 Å². The molecule has 0 radical (unpaired) electrons. The Morgan fingerprint density at radius 3 is 2.67 bits per heavy atom. The van der Waals surface area contributed by atoms with Gasteiger partial charge in [-0.3, -0.25) is 4.79 Å². The summed E-state index contributed by atoms with van der Waals surface area (Å²) in [5.74, 6) is 0.478. The second-order valence-corrected chi connectivity index (χ2v) is 5.43. The monoisotopic (exact) mass is 255 g/mol. The lowest BCUT2D eigenvalue weighted by molar-refractivity contribution is -0.137. The molecule has 1 atom stereocenters. The Bertz CT molecular complexity index is 342. The molecule has 6 nitrogen and oxygen atoms in total. The maximum atomic E-state index is 12.2. The number of amidine groups is 1. The average Bonchev–Trinajstić information content (AvgIpc) is 2.91. The van der Waals surface area contributed by atoms with E-state index in [9.17, 15) is 4.79 Å². The van der Waals surface area contributed by atoms with Crippen LogP contribution in [-0.2, 0) is 9.53 Å². The van der Waals surface area contributed by atoms with Gasteiger partial charge < -0.3 is 20.6 Å². The van der Waals surface area contributed by atoms with Gasteiger partial charge in [-0.1, -0.05) is 12.1 Å². The zero-order valence-corrected chi connectivity index (χ0v) is 10.8. The summed E-state index contributed by atoms with van der Waals surface area (Å²) in [5.41, 5.74) is 5.41.